The van der Waals surface area contributed by atoms with Crippen LogP contribution < -0.4 is 4.74 Å². The van der Waals surface area contributed by atoms with Crippen molar-refractivity contribution in [3.05, 3.63) is 52.1 Å². The number of halogens is 1. The maximum absolute atomic E-state index is 11.4. The molecule has 20 heavy (non-hydrogen) atoms. The van der Waals surface area contributed by atoms with Crippen LogP contribution in [0.3, 0.4) is 0 Å². The van der Waals surface area contributed by atoms with Crippen LogP contribution in [-0.2, 0) is 4.79 Å². The van der Waals surface area contributed by atoms with Crippen LogP contribution in [-0.4, -0.2) is 12.4 Å². The van der Waals surface area contributed by atoms with Crippen molar-refractivity contribution in [1.82, 2.24) is 0 Å². The SMILES string of the molecule is CCCC(=O)COc1ccc(-c2ccc(I)cc2)cc1. The average Bonchev–Trinajstić information content (AvgIpc) is 2.47. The Morgan fingerprint density at radius 2 is 1.55 bits per heavy atom. The third kappa shape index (κ3) is 4.34. The van der Waals surface area contributed by atoms with Crippen molar-refractivity contribution in [2.24, 2.45) is 0 Å². The smallest absolute Gasteiger partial charge is 0.170 e. The summed E-state index contributed by atoms with van der Waals surface area (Å²) in [6, 6.07) is 16.2. The molecule has 2 nitrogen and oxygen atoms in total. The molecule has 0 N–H and O–H groups in total. The molecule has 0 aliphatic heterocycles. The van der Waals surface area contributed by atoms with Gasteiger partial charge in [-0.15, -0.1) is 0 Å². The summed E-state index contributed by atoms with van der Waals surface area (Å²) < 4.78 is 6.70. The Morgan fingerprint density at radius 3 is 2.10 bits per heavy atom. The highest BCUT2D eigenvalue weighted by Crippen LogP contribution is 2.23. The Morgan fingerprint density at radius 1 is 1.00 bits per heavy atom. The second-order valence-corrected chi connectivity index (χ2v) is 5.85. The van der Waals surface area contributed by atoms with E-state index in [1.54, 1.807) is 0 Å². The summed E-state index contributed by atoms with van der Waals surface area (Å²) >= 11 is 2.29. The Hall–Kier alpha value is -1.36. The van der Waals surface area contributed by atoms with Gasteiger partial charge in [-0.2, -0.15) is 0 Å². The quantitative estimate of drug-likeness (QED) is 0.679. The van der Waals surface area contributed by atoms with Crippen molar-refractivity contribution in [3.63, 3.8) is 0 Å². The monoisotopic (exact) mass is 380 g/mol. The molecule has 0 radical (unpaired) electrons. The first kappa shape index (κ1) is 15.0. The second kappa shape index (κ2) is 7.43. The summed E-state index contributed by atoms with van der Waals surface area (Å²) in [5.74, 6) is 0.887. The topological polar surface area (TPSA) is 26.3 Å². The average molecular weight is 380 g/mol. The molecule has 2 rings (SSSR count). The van der Waals surface area contributed by atoms with Gasteiger partial charge in [0.15, 0.2) is 5.78 Å². The second-order valence-electron chi connectivity index (χ2n) is 4.61. The number of carbonyl (C=O) groups excluding carboxylic acids is 1. The molecule has 3 heteroatoms. The van der Waals surface area contributed by atoms with E-state index in [4.69, 9.17) is 4.74 Å². The third-order valence-electron chi connectivity index (χ3n) is 2.96. The van der Waals surface area contributed by atoms with E-state index in [9.17, 15) is 4.79 Å². The first-order valence-corrected chi connectivity index (χ1v) is 7.77. The highest BCUT2D eigenvalue weighted by molar-refractivity contribution is 14.1. The van der Waals surface area contributed by atoms with Crippen LogP contribution in [0, 0.1) is 3.57 Å². The maximum atomic E-state index is 11.4. The molecule has 104 valence electrons. The number of Topliss-reactive ketones (excluding diaryl/α,β-unsaturated/α-hetero) is 1. The first-order chi connectivity index (χ1) is 9.69. The van der Waals surface area contributed by atoms with E-state index in [1.807, 2.05) is 31.2 Å². The summed E-state index contributed by atoms with van der Waals surface area (Å²) in [5.41, 5.74) is 2.33. The van der Waals surface area contributed by atoms with E-state index >= 15 is 0 Å². The lowest BCUT2D eigenvalue weighted by Gasteiger charge is -2.07. The lowest BCUT2D eigenvalue weighted by Crippen LogP contribution is -2.10. The molecule has 0 amide bonds. The molecule has 0 aromatic heterocycles. The standard InChI is InChI=1S/C17H17IO2/c1-2-3-16(19)12-20-17-10-6-14(7-11-17)13-4-8-15(18)9-5-13/h4-11H,2-3,12H2,1H3. The van der Waals surface area contributed by atoms with E-state index in [0.717, 1.165) is 17.7 Å². The molecule has 0 bridgehead atoms. The minimum absolute atomic E-state index is 0.147. The van der Waals surface area contributed by atoms with Crippen molar-refractivity contribution < 1.29 is 9.53 Å². The Bertz CT molecular complexity index is 559. The molecule has 0 fully saturated rings. The van der Waals surface area contributed by atoms with E-state index < -0.39 is 0 Å². The Labute approximate surface area is 133 Å². The summed E-state index contributed by atoms with van der Waals surface area (Å²) in [5, 5.41) is 0. The number of carbonyl (C=O) groups is 1. The molecule has 0 heterocycles. The van der Waals surface area contributed by atoms with Crippen LogP contribution in [0.5, 0.6) is 5.75 Å². The van der Waals surface area contributed by atoms with Gasteiger partial charge < -0.3 is 4.74 Å². The highest BCUT2D eigenvalue weighted by Gasteiger charge is 2.02. The number of hydrogen-bond acceptors (Lipinski definition) is 2. The van der Waals surface area contributed by atoms with Gasteiger partial charge in [-0.1, -0.05) is 31.2 Å². The molecule has 0 aliphatic carbocycles. The predicted molar refractivity (Wildman–Crippen MR) is 90.0 cm³/mol. The van der Waals surface area contributed by atoms with Crippen LogP contribution in [0.1, 0.15) is 19.8 Å². The lowest BCUT2D eigenvalue weighted by atomic mass is 10.1. The zero-order valence-electron chi connectivity index (χ0n) is 11.4. The normalized spacial score (nSPS) is 10.3. The molecule has 0 atom stereocenters. The van der Waals surface area contributed by atoms with Gasteiger partial charge in [-0.25, -0.2) is 0 Å². The molecular weight excluding hydrogens is 363 g/mol. The van der Waals surface area contributed by atoms with Gasteiger partial charge in [0.2, 0.25) is 0 Å². The van der Waals surface area contributed by atoms with E-state index in [1.165, 1.54) is 9.13 Å². The fraction of sp³-hybridized carbons (Fsp3) is 0.235. The number of rotatable bonds is 6. The van der Waals surface area contributed by atoms with Gasteiger partial charge in [-0.05, 0) is 64.4 Å². The first-order valence-electron chi connectivity index (χ1n) is 6.69. The molecule has 2 aromatic carbocycles. The molecular formula is C17H17IO2. The number of benzene rings is 2. The van der Waals surface area contributed by atoms with E-state index in [-0.39, 0.29) is 12.4 Å². The fourth-order valence-corrected chi connectivity index (χ4v) is 2.26. The van der Waals surface area contributed by atoms with Crippen LogP contribution in [0.15, 0.2) is 48.5 Å². The van der Waals surface area contributed by atoms with Gasteiger partial charge >= 0.3 is 0 Å². The zero-order valence-corrected chi connectivity index (χ0v) is 13.6. The molecule has 0 unspecified atom stereocenters. The highest BCUT2D eigenvalue weighted by atomic mass is 127. The lowest BCUT2D eigenvalue weighted by molar-refractivity contribution is -0.121. The van der Waals surface area contributed by atoms with Gasteiger partial charge in [0.25, 0.3) is 0 Å². The largest absolute Gasteiger partial charge is 0.486 e. The zero-order chi connectivity index (χ0) is 14.4. The van der Waals surface area contributed by atoms with Crippen LogP contribution in [0.2, 0.25) is 0 Å². The Balaban J connectivity index is 1.99. The molecule has 0 saturated carbocycles. The van der Waals surface area contributed by atoms with Crippen molar-refractivity contribution in [1.29, 1.82) is 0 Å². The number of hydrogen-bond donors (Lipinski definition) is 0. The van der Waals surface area contributed by atoms with E-state index in [2.05, 4.69) is 46.9 Å². The van der Waals surface area contributed by atoms with Gasteiger partial charge in [0, 0.05) is 9.99 Å². The summed E-state index contributed by atoms with van der Waals surface area (Å²) in [6.07, 6.45) is 1.45. The summed E-state index contributed by atoms with van der Waals surface area (Å²) in [7, 11) is 0. The molecule has 2 aromatic rings. The van der Waals surface area contributed by atoms with Crippen molar-refractivity contribution in [2.75, 3.05) is 6.61 Å². The molecule has 0 aliphatic rings. The van der Waals surface area contributed by atoms with Crippen LogP contribution in [0.25, 0.3) is 11.1 Å². The summed E-state index contributed by atoms with van der Waals surface area (Å²) in [6.45, 7) is 2.16. The fourth-order valence-electron chi connectivity index (χ4n) is 1.90. The molecule has 0 saturated heterocycles. The number of ether oxygens (including phenoxy) is 1. The van der Waals surface area contributed by atoms with Gasteiger partial charge in [0.1, 0.15) is 12.4 Å². The van der Waals surface area contributed by atoms with Crippen molar-refractivity contribution >= 4 is 28.4 Å². The van der Waals surface area contributed by atoms with Crippen molar-refractivity contribution in [2.45, 2.75) is 19.8 Å². The van der Waals surface area contributed by atoms with Gasteiger partial charge in [0.05, 0.1) is 0 Å². The maximum Gasteiger partial charge on any atom is 0.170 e. The van der Waals surface area contributed by atoms with Crippen molar-refractivity contribution in [3.8, 4) is 16.9 Å². The summed E-state index contributed by atoms with van der Waals surface area (Å²) in [4.78, 5) is 11.4. The van der Waals surface area contributed by atoms with Gasteiger partial charge in [-0.3, -0.25) is 4.79 Å². The minimum Gasteiger partial charge on any atom is -0.486 e. The van der Waals surface area contributed by atoms with E-state index in [0.29, 0.717) is 6.42 Å². The van der Waals surface area contributed by atoms with Crippen LogP contribution in [0.4, 0.5) is 0 Å². The minimum atomic E-state index is 0.147. The Kier molecular flexibility index (Phi) is 5.59. The van der Waals surface area contributed by atoms with Crippen LogP contribution >= 0.6 is 22.6 Å². The number of ketones is 1. The third-order valence-corrected chi connectivity index (χ3v) is 3.68. The predicted octanol–water partition coefficient (Wildman–Crippen LogP) is 4.71. The molecule has 0 spiro atoms.